The summed E-state index contributed by atoms with van der Waals surface area (Å²) in [5.41, 5.74) is 3.84. The molecule has 1 saturated carbocycles. The number of hydrazine groups is 1. The van der Waals surface area contributed by atoms with Gasteiger partial charge < -0.3 is 4.74 Å². The first-order valence-electron chi connectivity index (χ1n) is 10.8. The maximum Gasteiger partial charge on any atom is 0.422 e. The van der Waals surface area contributed by atoms with Gasteiger partial charge in [-0.3, -0.25) is 19.4 Å². The highest BCUT2D eigenvalue weighted by Gasteiger charge is 2.30. The average Bonchev–Trinajstić information content (AvgIpc) is 3.28. The number of alkyl halides is 3. The first kappa shape index (κ1) is 25.3. The molecule has 0 spiro atoms. The van der Waals surface area contributed by atoms with Gasteiger partial charge in [0.25, 0.3) is 5.56 Å². The van der Waals surface area contributed by atoms with Crippen molar-refractivity contribution in [3.05, 3.63) is 31.3 Å². The normalized spacial score (nSPS) is 15.4. The summed E-state index contributed by atoms with van der Waals surface area (Å²) in [7, 11) is 0. The number of thiophene rings is 1. The van der Waals surface area contributed by atoms with E-state index < -0.39 is 42.1 Å². The van der Waals surface area contributed by atoms with Gasteiger partial charge in [0.05, 0.1) is 11.8 Å². The predicted octanol–water partition coefficient (Wildman–Crippen LogP) is 4.13. The van der Waals surface area contributed by atoms with Gasteiger partial charge in [0.2, 0.25) is 0 Å². The molecule has 1 amide bonds. The molecule has 2 aromatic rings. The van der Waals surface area contributed by atoms with Gasteiger partial charge in [-0.1, -0.05) is 12.8 Å². The van der Waals surface area contributed by atoms with E-state index in [0.717, 1.165) is 33.3 Å². The Morgan fingerprint density at radius 3 is 2.39 bits per heavy atom. The molecule has 0 radical (unpaired) electrons. The van der Waals surface area contributed by atoms with Crippen LogP contribution in [0.4, 0.5) is 18.0 Å². The molecule has 0 bridgehead atoms. The Labute approximate surface area is 192 Å². The van der Waals surface area contributed by atoms with Crippen molar-refractivity contribution >= 4 is 27.6 Å². The van der Waals surface area contributed by atoms with Crippen LogP contribution in [0, 0.1) is 6.92 Å². The zero-order valence-electron chi connectivity index (χ0n) is 19.1. The molecule has 184 valence electrons. The summed E-state index contributed by atoms with van der Waals surface area (Å²) in [5.74, 6) is 0. The Kier molecular flexibility index (Phi) is 7.27. The zero-order chi connectivity index (χ0) is 24.6. The molecule has 2 N–H and O–H groups in total. The number of aromatic nitrogens is 2. The van der Waals surface area contributed by atoms with Crippen LogP contribution in [-0.4, -0.2) is 27.0 Å². The second kappa shape index (κ2) is 9.49. The maximum atomic E-state index is 13.3. The molecule has 33 heavy (non-hydrogen) atoms. The first-order valence-corrected chi connectivity index (χ1v) is 11.7. The number of rotatable bonds is 6. The van der Waals surface area contributed by atoms with Gasteiger partial charge in [0.15, 0.2) is 0 Å². The highest BCUT2D eigenvalue weighted by atomic mass is 32.1. The molecule has 0 unspecified atom stereocenters. The number of aryl methyl sites for hydroxylation is 2. The van der Waals surface area contributed by atoms with Crippen LogP contribution in [0.3, 0.4) is 0 Å². The zero-order valence-corrected chi connectivity index (χ0v) is 19.9. The number of amides is 1. The lowest BCUT2D eigenvalue weighted by Crippen LogP contribution is -2.42. The molecule has 0 aliphatic heterocycles. The van der Waals surface area contributed by atoms with Crippen LogP contribution < -0.4 is 22.1 Å². The standard InChI is InChI=1S/C21H29F3N4O4S/c1-12-14(11-25-26-18(30)32-20(2,3)4)33-17-15(12)16(29)28(13-7-5-6-8-13)19(31)27(17)10-9-21(22,23)24/h13,25H,5-11H2,1-4H3,(H,26,30). The number of nitrogens with one attached hydrogen (secondary N) is 2. The molecule has 3 rings (SSSR count). The van der Waals surface area contributed by atoms with Crippen molar-refractivity contribution in [2.75, 3.05) is 0 Å². The summed E-state index contributed by atoms with van der Waals surface area (Å²) in [6.45, 7) is 6.41. The van der Waals surface area contributed by atoms with Crippen LogP contribution in [0.2, 0.25) is 0 Å². The number of fused-ring (bicyclic) bond motifs is 1. The van der Waals surface area contributed by atoms with Gasteiger partial charge >= 0.3 is 18.0 Å². The van der Waals surface area contributed by atoms with Crippen molar-refractivity contribution in [1.29, 1.82) is 0 Å². The summed E-state index contributed by atoms with van der Waals surface area (Å²) in [5, 5.41) is 0.253. The molecule has 0 saturated heterocycles. The Balaban J connectivity index is 1.98. The third kappa shape index (κ3) is 5.97. The monoisotopic (exact) mass is 490 g/mol. The predicted molar refractivity (Wildman–Crippen MR) is 119 cm³/mol. The van der Waals surface area contributed by atoms with Crippen molar-refractivity contribution in [2.24, 2.45) is 0 Å². The minimum atomic E-state index is -4.44. The number of carbonyl (C=O) groups is 1. The lowest BCUT2D eigenvalue weighted by Gasteiger charge is -2.19. The van der Waals surface area contributed by atoms with Gasteiger partial charge in [-0.15, -0.1) is 11.3 Å². The van der Waals surface area contributed by atoms with Crippen molar-refractivity contribution < 1.29 is 22.7 Å². The van der Waals surface area contributed by atoms with Gasteiger partial charge in [-0.25, -0.2) is 15.0 Å². The minimum absolute atomic E-state index is 0.112. The van der Waals surface area contributed by atoms with Crippen molar-refractivity contribution in [1.82, 2.24) is 20.0 Å². The third-order valence-electron chi connectivity index (χ3n) is 5.49. The van der Waals surface area contributed by atoms with E-state index in [1.807, 2.05) is 0 Å². The minimum Gasteiger partial charge on any atom is -0.443 e. The highest BCUT2D eigenvalue weighted by Crippen LogP contribution is 2.31. The van der Waals surface area contributed by atoms with Gasteiger partial charge in [0.1, 0.15) is 10.4 Å². The van der Waals surface area contributed by atoms with Crippen LogP contribution in [0.15, 0.2) is 9.59 Å². The molecule has 2 aromatic heterocycles. The van der Waals surface area contributed by atoms with Crippen LogP contribution in [-0.2, 0) is 17.8 Å². The van der Waals surface area contributed by atoms with Gasteiger partial charge in [-0.05, 0) is 46.1 Å². The van der Waals surface area contributed by atoms with E-state index in [2.05, 4.69) is 10.9 Å². The van der Waals surface area contributed by atoms with E-state index >= 15 is 0 Å². The molecule has 1 aliphatic rings. The number of hydrogen-bond acceptors (Lipinski definition) is 6. The van der Waals surface area contributed by atoms with Gasteiger partial charge in [-0.2, -0.15) is 13.2 Å². The van der Waals surface area contributed by atoms with Crippen molar-refractivity contribution in [3.8, 4) is 0 Å². The topological polar surface area (TPSA) is 94.4 Å². The largest absolute Gasteiger partial charge is 0.443 e. The molecule has 0 aromatic carbocycles. The molecule has 1 aliphatic carbocycles. The second-order valence-electron chi connectivity index (χ2n) is 9.22. The van der Waals surface area contributed by atoms with Crippen LogP contribution in [0.5, 0.6) is 0 Å². The molecule has 12 heteroatoms. The lowest BCUT2D eigenvalue weighted by molar-refractivity contribution is -0.136. The summed E-state index contributed by atoms with van der Waals surface area (Å²) in [4.78, 5) is 39.1. The fourth-order valence-electron chi connectivity index (χ4n) is 4.00. The first-order chi connectivity index (χ1) is 15.3. The lowest BCUT2D eigenvalue weighted by atomic mass is 10.2. The average molecular weight is 491 g/mol. The van der Waals surface area contributed by atoms with Crippen molar-refractivity contribution in [2.45, 2.75) is 90.7 Å². The van der Waals surface area contributed by atoms with E-state index in [4.69, 9.17) is 4.74 Å². The SMILES string of the molecule is Cc1c(CNNC(=O)OC(C)(C)C)sc2c1c(=O)n(C1CCCC1)c(=O)n2CCC(F)(F)F. The summed E-state index contributed by atoms with van der Waals surface area (Å²) < 4.78 is 46.2. The molecule has 0 atom stereocenters. The summed E-state index contributed by atoms with van der Waals surface area (Å²) in [6.07, 6.45) is -3.26. The number of hydrogen-bond donors (Lipinski definition) is 2. The molecular formula is C21H29F3N4O4S. The van der Waals surface area contributed by atoms with Crippen LogP contribution >= 0.6 is 11.3 Å². The van der Waals surface area contributed by atoms with Crippen molar-refractivity contribution in [3.63, 3.8) is 0 Å². The fraction of sp³-hybridized carbons (Fsp3) is 0.667. The van der Waals surface area contributed by atoms with E-state index in [1.54, 1.807) is 27.7 Å². The van der Waals surface area contributed by atoms with Gasteiger partial charge in [0, 0.05) is 24.0 Å². The number of halogens is 3. The number of nitrogens with zero attached hydrogens (tertiary/aromatic N) is 2. The van der Waals surface area contributed by atoms with E-state index in [1.165, 1.54) is 0 Å². The third-order valence-corrected chi connectivity index (χ3v) is 6.80. The summed E-state index contributed by atoms with van der Waals surface area (Å²) in [6, 6.07) is -0.304. The number of carbonyl (C=O) groups excluding carboxylic acids is 1. The molecule has 1 fully saturated rings. The second-order valence-corrected chi connectivity index (χ2v) is 10.3. The molecule has 8 nitrogen and oxygen atoms in total. The van der Waals surface area contributed by atoms with E-state index in [-0.39, 0.29) is 22.8 Å². The molecular weight excluding hydrogens is 461 g/mol. The number of ether oxygens (including phenoxy) is 1. The summed E-state index contributed by atoms with van der Waals surface area (Å²) >= 11 is 1.07. The molecule has 2 heterocycles. The highest BCUT2D eigenvalue weighted by molar-refractivity contribution is 7.18. The smallest absolute Gasteiger partial charge is 0.422 e. The van der Waals surface area contributed by atoms with E-state index in [9.17, 15) is 27.6 Å². The Morgan fingerprint density at radius 1 is 1.18 bits per heavy atom. The Morgan fingerprint density at radius 2 is 1.82 bits per heavy atom. The van der Waals surface area contributed by atoms with Crippen LogP contribution in [0.25, 0.3) is 10.2 Å². The quantitative estimate of drug-likeness (QED) is 0.594. The van der Waals surface area contributed by atoms with Crippen LogP contribution in [0.1, 0.15) is 69.4 Å². The Hall–Kier alpha value is -2.34. The Bertz CT molecular complexity index is 1140. The maximum absolute atomic E-state index is 13.3. The fourth-order valence-corrected chi connectivity index (χ4v) is 5.25. The van der Waals surface area contributed by atoms with E-state index in [0.29, 0.717) is 23.3 Å².